The van der Waals surface area contributed by atoms with Crippen molar-refractivity contribution in [3.8, 4) is 0 Å². The SMILES string of the molecule is CC(C)N(CCNC(=O)c1cccc(Cl)c1Cl)C(C)C. The standard InChI is InChI=1S/C15H22Cl2N2O/c1-10(2)19(11(3)4)9-8-18-15(20)12-6-5-7-13(16)14(12)17/h5-7,10-11H,8-9H2,1-4H3,(H,18,20). The minimum Gasteiger partial charge on any atom is -0.351 e. The zero-order valence-electron chi connectivity index (χ0n) is 12.4. The molecule has 3 nitrogen and oxygen atoms in total. The van der Waals surface area contributed by atoms with E-state index >= 15 is 0 Å². The number of hydrogen-bond acceptors (Lipinski definition) is 2. The molecule has 0 unspecified atom stereocenters. The lowest BCUT2D eigenvalue weighted by Gasteiger charge is -2.30. The van der Waals surface area contributed by atoms with Crippen LogP contribution in [0.2, 0.25) is 10.0 Å². The molecule has 0 aromatic heterocycles. The van der Waals surface area contributed by atoms with Gasteiger partial charge in [0, 0.05) is 25.2 Å². The Bertz CT molecular complexity index is 453. The fourth-order valence-electron chi connectivity index (χ4n) is 2.19. The summed E-state index contributed by atoms with van der Waals surface area (Å²) in [5.74, 6) is -0.190. The molecule has 1 rings (SSSR count). The fraction of sp³-hybridized carbons (Fsp3) is 0.533. The van der Waals surface area contributed by atoms with Gasteiger partial charge in [-0.2, -0.15) is 0 Å². The summed E-state index contributed by atoms with van der Waals surface area (Å²) in [4.78, 5) is 14.4. The summed E-state index contributed by atoms with van der Waals surface area (Å²) in [5.41, 5.74) is 0.416. The second kappa shape index (κ2) is 7.87. The average Bonchev–Trinajstić information content (AvgIpc) is 2.36. The first-order chi connectivity index (χ1) is 9.34. The van der Waals surface area contributed by atoms with Crippen molar-refractivity contribution >= 4 is 29.1 Å². The smallest absolute Gasteiger partial charge is 0.252 e. The average molecular weight is 317 g/mol. The van der Waals surface area contributed by atoms with E-state index in [-0.39, 0.29) is 5.91 Å². The van der Waals surface area contributed by atoms with Gasteiger partial charge in [-0.3, -0.25) is 9.69 Å². The predicted molar refractivity (Wildman–Crippen MR) is 85.8 cm³/mol. The van der Waals surface area contributed by atoms with Gasteiger partial charge in [-0.05, 0) is 39.8 Å². The maximum Gasteiger partial charge on any atom is 0.252 e. The number of carbonyl (C=O) groups is 1. The highest BCUT2D eigenvalue weighted by Gasteiger charge is 2.15. The summed E-state index contributed by atoms with van der Waals surface area (Å²) in [5, 5.41) is 3.58. The van der Waals surface area contributed by atoms with Crippen LogP contribution in [0.3, 0.4) is 0 Å². The molecule has 0 bridgehead atoms. The van der Waals surface area contributed by atoms with E-state index in [0.717, 1.165) is 6.54 Å². The van der Waals surface area contributed by atoms with Crippen molar-refractivity contribution in [2.75, 3.05) is 13.1 Å². The summed E-state index contributed by atoms with van der Waals surface area (Å²) in [6.07, 6.45) is 0. The Morgan fingerprint density at radius 1 is 1.20 bits per heavy atom. The van der Waals surface area contributed by atoms with E-state index in [1.165, 1.54) is 0 Å². The van der Waals surface area contributed by atoms with Crippen molar-refractivity contribution in [2.45, 2.75) is 39.8 Å². The van der Waals surface area contributed by atoms with Crippen LogP contribution < -0.4 is 5.32 Å². The maximum atomic E-state index is 12.1. The topological polar surface area (TPSA) is 32.3 Å². The van der Waals surface area contributed by atoms with Crippen LogP contribution in [0.4, 0.5) is 0 Å². The molecule has 0 fully saturated rings. The van der Waals surface area contributed by atoms with Gasteiger partial charge in [0.2, 0.25) is 0 Å². The second-order valence-corrected chi connectivity index (χ2v) is 6.07. The van der Waals surface area contributed by atoms with Crippen LogP contribution in [0, 0.1) is 0 Å². The van der Waals surface area contributed by atoms with Crippen molar-refractivity contribution < 1.29 is 4.79 Å². The lowest BCUT2D eigenvalue weighted by atomic mass is 10.2. The summed E-state index contributed by atoms with van der Waals surface area (Å²) < 4.78 is 0. The maximum absolute atomic E-state index is 12.1. The highest BCUT2D eigenvalue weighted by atomic mass is 35.5. The van der Waals surface area contributed by atoms with Crippen molar-refractivity contribution in [3.05, 3.63) is 33.8 Å². The molecule has 0 aliphatic carbocycles. The molecular formula is C15H22Cl2N2O. The van der Waals surface area contributed by atoms with Crippen LogP contribution in [-0.2, 0) is 0 Å². The first-order valence-corrected chi connectivity index (χ1v) is 7.58. The summed E-state index contributed by atoms with van der Waals surface area (Å²) in [6.45, 7) is 9.98. The lowest BCUT2D eigenvalue weighted by Crippen LogP contribution is -2.42. The summed E-state index contributed by atoms with van der Waals surface area (Å²) >= 11 is 11.9. The summed E-state index contributed by atoms with van der Waals surface area (Å²) in [6, 6.07) is 5.95. The third-order valence-electron chi connectivity index (χ3n) is 3.18. The number of amides is 1. The number of halogens is 2. The molecule has 1 amide bonds. The van der Waals surface area contributed by atoms with Gasteiger partial charge in [-0.15, -0.1) is 0 Å². The first-order valence-electron chi connectivity index (χ1n) is 6.82. The molecule has 0 radical (unpaired) electrons. The largest absolute Gasteiger partial charge is 0.351 e. The van der Waals surface area contributed by atoms with Gasteiger partial charge in [0.05, 0.1) is 15.6 Å². The molecule has 1 aromatic carbocycles. The molecule has 0 aliphatic rings. The van der Waals surface area contributed by atoms with Gasteiger partial charge in [-0.25, -0.2) is 0 Å². The highest BCUT2D eigenvalue weighted by Crippen LogP contribution is 2.25. The molecule has 1 N–H and O–H groups in total. The molecule has 0 saturated carbocycles. The van der Waals surface area contributed by atoms with Gasteiger partial charge >= 0.3 is 0 Å². The van der Waals surface area contributed by atoms with Crippen LogP contribution in [0.25, 0.3) is 0 Å². The molecule has 0 aliphatic heterocycles. The Labute approximate surface area is 131 Å². The molecule has 1 aromatic rings. The molecule has 20 heavy (non-hydrogen) atoms. The predicted octanol–water partition coefficient (Wildman–Crippen LogP) is 3.84. The van der Waals surface area contributed by atoms with Crippen LogP contribution in [0.15, 0.2) is 18.2 Å². The third-order valence-corrected chi connectivity index (χ3v) is 4.00. The molecule has 0 atom stereocenters. The summed E-state index contributed by atoms with van der Waals surface area (Å²) in [7, 11) is 0. The Morgan fingerprint density at radius 3 is 2.35 bits per heavy atom. The quantitative estimate of drug-likeness (QED) is 0.864. The lowest BCUT2D eigenvalue weighted by molar-refractivity contribution is 0.0939. The zero-order chi connectivity index (χ0) is 15.3. The van der Waals surface area contributed by atoms with Gasteiger partial charge in [0.1, 0.15) is 0 Å². The van der Waals surface area contributed by atoms with Crippen LogP contribution in [0.1, 0.15) is 38.1 Å². The van der Waals surface area contributed by atoms with E-state index in [0.29, 0.717) is 34.2 Å². The highest BCUT2D eigenvalue weighted by molar-refractivity contribution is 6.43. The van der Waals surface area contributed by atoms with Gasteiger partial charge in [0.15, 0.2) is 0 Å². The number of hydrogen-bond donors (Lipinski definition) is 1. The Balaban J connectivity index is 2.58. The van der Waals surface area contributed by atoms with Crippen LogP contribution >= 0.6 is 23.2 Å². The van der Waals surface area contributed by atoms with E-state index in [1.807, 2.05) is 0 Å². The van der Waals surface area contributed by atoms with E-state index in [4.69, 9.17) is 23.2 Å². The van der Waals surface area contributed by atoms with Gasteiger partial charge in [0.25, 0.3) is 5.91 Å². The number of rotatable bonds is 6. The number of nitrogens with one attached hydrogen (secondary N) is 1. The van der Waals surface area contributed by atoms with Crippen molar-refractivity contribution in [3.63, 3.8) is 0 Å². The Kier molecular flexibility index (Phi) is 6.80. The van der Waals surface area contributed by atoms with Crippen molar-refractivity contribution in [1.29, 1.82) is 0 Å². The van der Waals surface area contributed by atoms with Gasteiger partial charge in [-0.1, -0.05) is 29.3 Å². The first kappa shape index (κ1) is 17.3. The Morgan fingerprint density at radius 2 is 1.80 bits per heavy atom. The Hall–Kier alpha value is -0.770. The molecule has 0 heterocycles. The minimum absolute atomic E-state index is 0.190. The van der Waals surface area contributed by atoms with Crippen molar-refractivity contribution in [1.82, 2.24) is 10.2 Å². The molecular weight excluding hydrogens is 295 g/mol. The van der Waals surface area contributed by atoms with Gasteiger partial charge < -0.3 is 5.32 Å². The normalized spacial score (nSPS) is 11.4. The van der Waals surface area contributed by atoms with E-state index in [2.05, 4.69) is 37.9 Å². The number of benzene rings is 1. The van der Waals surface area contributed by atoms with E-state index in [1.54, 1.807) is 18.2 Å². The molecule has 5 heteroatoms. The van der Waals surface area contributed by atoms with Crippen molar-refractivity contribution in [2.24, 2.45) is 0 Å². The fourth-order valence-corrected chi connectivity index (χ4v) is 2.57. The minimum atomic E-state index is -0.190. The molecule has 0 spiro atoms. The second-order valence-electron chi connectivity index (χ2n) is 5.28. The molecule has 0 saturated heterocycles. The van der Waals surface area contributed by atoms with Crippen LogP contribution in [-0.4, -0.2) is 36.0 Å². The third kappa shape index (κ3) is 4.65. The van der Waals surface area contributed by atoms with E-state index in [9.17, 15) is 4.79 Å². The number of nitrogens with zero attached hydrogens (tertiary/aromatic N) is 1. The number of carbonyl (C=O) groups excluding carboxylic acids is 1. The van der Waals surface area contributed by atoms with Crippen LogP contribution in [0.5, 0.6) is 0 Å². The molecule has 112 valence electrons. The zero-order valence-corrected chi connectivity index (χ0v) is 13.9. The van der Waals surface area contributed by atoms with E-state index < -0.39 is 0 Å². The monoisotopic (exact) mass is 316 g/mol.